The van der Waals surface area contributed by atoms with Crippen LogP contribution in [-0.2, 0) is 24.1 Å². The highest BCUT2D eigenvalue weighted by atomic mass is 35.5. The molecule has 4 aliphatic rings. The molecule has 0 radical (unpaired) electrons. The molecule has 1 saturated carbocycles. The van der Waals surface area contributed by atoms with E-state index in [-0.39, 0.29) is 34.8 Å². The molecule has 5 nitrogen and oxygen atoms in total. The number of amides is 1. The van der Waals surface area contributed by atoms with Gasteiger partial charge in [-0.15, -0.1) is 0 Å². The molecule has 45 heavy (non-hydrogen) atoms. The number of aliphatic hydroxyl groups excluding tert-OH is 1. The van der Waals surface area contributed by atoms with Crippen molar-refractivity contribution in [3.05, 3.63) is 117 Å². The molecule has 2 bridgehead atoms. The first-order chi connectivity index (χ1) is 21.6. The SMILES string of the molecule is CC1=CCCC2(C)C(CCC23CN(Cc2ccccc2)C(=O)O3)c2ccc(cc2C(=O)Cc2c(F)cccc2Cl)CC(O)CC1. The molecule has 1 heterocycles. The Bertz CT molecular complexity index is 1600. The summed E-state index contributed by atoms with van der Waals surface area (Å²) in [6, 6.07) is 20.3. The number of hydrogen-bond donors (Lipinski definition) is 1. The summed E-state index contributed by atoms with van der Waals surface area (Å²) in [5, 5.41) is 11.1. The number of Topliss-reactive ketones (excluding diaryl/α,β-unsaturated/α-hetero) is 1. The van der Waals surface area contributed by atoms with E-state index >= 15 is 0 Å². The zero-order valence-electron chi connectivity index (χ0n) is 26.0. The molecule has 1 saturated heterocycles. The maximum atomic E-state index is 14.8. The van der Waals surface area contributed by atoms with Crippen molar-refractivity contribution in [3.8, 4) is 0 Å². The van der Waals surface area contributed by atoms with Crippen molar-refractivity contribution in [1.82, 2.24) is 4.90 Å². The Morgan fingerprint density at radius 2 is 1.89 bits per heavy atom. The van der Waals surface area contributed by atoms with Crippen molar-refractivity contribution in [2.24, 2.45) is 5.41 Å². The zero-order valence-corrected chi connectivity index (χ0v) is 26.8. The van der Waals surface area contributed by atoms with E-state index in [1.54, 1.807) is 6.07 Å². The summed E-state index contributed by atoms with van der Waals surface area (Å²) in [5.74, 6) is -0.796. The van der Waals surface area contributed by atoms with Crippen molar-refractivity contribution in [3.63, 3.8) is 0 Å². The first-order valence-electron chi connectivity index (χ1n) is 16.0. The number of nitrogens with zero attached hydrogens (tertiary/aromatic N) is 1. The molecule has 4 unspecified atom stereocenters. The highest BCUT2D eigenvalue weighted by Crippen LogP contribution is 2.61. The minimum Gasteiger partial charge on any atom is -0.440 e. The molecule has 7 heteroatoms. The number of benzene rings is 3. The number of ether oxygens (including phenoxy) is 1. The number of ketones is 1. The molecule has 236 valence electrons. The van der Waals surface area contributed by atoms with Gasteiger partial charge in [-0.2, -0.15) is 0 Å². The van der Waals surface area contributed by atoms with E-state index in [0.717, 1.165) is 42.4 Å². The van der Waals surface area contributed by atoms with Crippen molar-refractivity contribution < 1.29 is 23.8 Å². The van der Waals surface area contributed by atoms with Gasteiger partial charge < -0.3 is 9.84 Å². The Kier molecular flexibility index (Phi) is 8.91. The number of carbonyl (C=O) groups excluding carboxylic acids is 2. The van der Waals surface area contributed by atoms with Gasteiger partial charge in [0.1, 0.15) is 11.4 Å². The molecule has 0 aromatic heterocycles. The molecule has 2 fully saturated rings. The lowest BCUT2D eigenvalue weighted by Crippen LogP contribution is -2.48. The molecule has 4 atom stereocenters. The molecule has 3 aromatic carbocycles. The molecule has 1 spiro atoms. The first kappa shape index (κ1) is 31.5. The number of aliphatic hydroxyl groups is 1. The Labute approximate surface area is 270 Å². The minimum absolute atomic E-state index is 0.0763. The third kappa shape index (κ3) is 6.19. The number of hydrogen-bond acceptors (Lipinski definition) is 4. The van der Waals surface area contributed by atoms with Crippen LogP contribution in [-0.4, -0.2) is 40.1 Å². The van der Waals surface area contributed by atoms with E-state index in [0.29, 0.717) is 37.9 Å². The summed E-state index contributed by atoms with van der Waals surface area (Å²) >= 11 is 6.35. The summed E-state index contributed by atoms with van der Waals surface area (Å²) in [6.07, 6.45) is 6.04. The van der Waals surface area contributed by atoms with Crippen LogP contribution in [0.25, 0.3) is 0 Å². The van der Waals surface area contributed by atoms with Gasteiger partial charge in [0, 0.05) is 34.5 Å². The van der Waals surface area contributed by atoms with Crippen LogP contribution in [0.15, 0.2) is 78.4 Å². The van der Waals surface area contributed by atoms with Gasteiger partial charge >= 0.3 is 6.09 Å². The molecule has 3 aromatic rings. The zero-order chi connectivity index (χ0) is 31.8. The van der Waals surface area contributed by atoms with Crippen molar-refractivity contribution in [2.75, 3.05) is 6.54 Å². The van der Waals surface area contributed by atoms with E-state index in [2.05, 4.69) is 19.9 Å². The van der Waals surface area contributed by atoms with Gasteiger partial charge in [0.15, 0.2) is 5.78 Å². The van der Waals surface area contributed by atoms with Crippen molar-refractivity contribution >= 4 is 23.5 Å². The number of fused-ring (bicyclic) bond motifs is 8. The summed E-state index contributed by atoms with van der Waals surface area (Å²) < 4.78 is 21.3. The lowest BCUT2D eigenvalue weighted by atomic mass is 9.64. The molecule has 3 aliphatic carbocycles. The average Bonchev–Trinajstić information content (AvgIpc) is 3.48. The van der Waals surface area contributed by atoms with Crippen molar-refractivity contribution in [2.45, 2.75) is 89.4 Å². The number of halogens is 2. The molecule has 1 amide bonds. The fraction of sp³-hybridized carbons (Fsp3) is 0.421. The number of allylic oxidation sites excluding steroid dienone is 2. The van der Waals surface area contributed by atoms with Crippen LogP contribution in [0.3, 0.4) is 0 Å². The van der Waals surface area contributed by atoms with E-state index < -0.39 is 22.9 Å². The normalized spacial score (nSPS) is 26.8. The Morgan fingerprint density at radius 1 is 1.09 bits per heavy atom. The van der Waals surface area contributed by atoms with Crippen LogP contribution in [0.4, 0.5) is 9.18 Å². The Hall–Kier alpha value is -3.48. The lowest BCUT2D eigenvalue weighted by molar-refractivity contribution is -0.0373. The van der Waals surface area contributed by atoms with E-state index in [1.165, 1.54) is 17.7 Å². The van der Waals surface area contributed by atoms with Gasteiger partial charge in [-0.1, -0.05) is 78.7 Å². The standard InChI is InChI=1S/C38H41ClFNO4/c1-25-8-7-18-37(2)32(17-19-38(37)24-41(36(44)45-38)23-26-9-4-3-5-10-26)29-16-14-27(20-28(42)15-13-25)21-30(29)35(43)22-31-33(39)11-6-12-34(31)40/h3-6,8-12,14,16,21,28,32,42H,7,13,15,17-20,22-24H2,1-2H3. The smallest absolute Gasteiger partial charge is 0.410 e. The molecule has 1 aliphatic heterocycles. The monoisotopic (exact) mass is 629 g/mol. The third-order valence-corrected chi connectivity index (χ3v) is 10.9. The second-order valence-electron chi connectivity index (χ2n) is 13.4. The predicted octanol–water partition coefficient (Wildman–Crippen LogP) is 8.60. The van der Waals surface area contributed by atoms with Gasteiger partial charge in [-0.3, -0.25) is 9.69 Å². The van der Waals surface area contributed by atoms with Crippen LogP contribution >= 0.6 is 11.6 Å². The topological polar surface area (TPSA) is 66.8 Å². The fourth-order valence-electron chi connectivity index (χ4n) is 7.91. The van der Waals surface area contributed by atoms with Crippen LogP contribution in [0.2, 0.25) is 5.02 Å². The molecular formula is C38H41ClFNO4. The van der Waals surface area contributed by atoms with E-state index in [9.17, 15) is 19.1 Å². The Morgan fingerprint density at radius 3 is 2.67 bits per heavy atom. The second kappa shape index (κ2) is 12.7. The average molecular weight is 630 g/mol. The van der Waals surface area contributed by atoms with Crippen LogP contribution < -0.4 is 0 Å². The van der Waals surface area contributed by atoms with Crippen LogP contribution in [0.5, 0.6) is 0 Å². The summed E-state index contributed by atoms with van der Waals surface area (Å²) in [6.45, 7) is 5.29. The highest BCUT2D eigenvalue weighted by Gasteiger charge is 2.63. The first-order valence-corrected chi connectivity index (χ1v) is 16.4. The maximum Gasteiger partial charge on any atom is 0.410 e. The lowest BCUT2D eigenvalue weighted by Gasteiger charge is -2.43. The van der Waals surface area contributed by atoms with Crippen LogP contribution in [0, 0.1) is 11.2 Å². The second-order valence-corrected chi connectivity index (χ2v) is 13.8. The van der Waals surface area contributed by atoms with E-state index in [1.807, 2.05) is 53.4 Å². The van der Waals surface area contributed by atoms with Gasteiger partial charge in [0.2, 0.25) is 0 Å². The van der Waals surface area contributed by atoms with Gasteiger partial charge in [0.25, 0.3) is 0 Å². The van der Waals surface area contributed by atoms with Crippen molar-refractivity contribution in [1.29, 1.82) is 0 Å². The Balaban J connectivity index is 1.41. The summed E-state index contributed by atoms with van der Waals surface area (Å²) in [5.41, 5.74) is 3.56. The van der Waals surface area contributed by atoms with Gasteiger partial charge in [-0.25, -0.2) is 9.18 Å². The van der Waals surface area contributed by atoms with Gasteiger partial charge in [-0.05, 0) is 92.7 Å². The predicted molar refractivity (Wildman–Crippen MR) is 174 cm³/mol. The molecule has 7 rings (SSSR count). The van der Waals surface area contributed by atoms with E-state index in [4.69, 9.17) is 16.3 Å². The molecular weight excluding hydrogens is 589 g/mol. The molecule has 1 N–H and O–H groups in total. The fourth-order valence-corrected chi connectivity index (χ4v) is 8.14. The minimum atomic E-state index is -0.716. The highest BCUT2D eigenvalue weighted by molar-refractivity contribution is 6.31. The van der Waals surface area contributed by atoms with Gasteiger partial charge in [0.05, 0.1) is 12.6 Å². The third-order valence-electron chi connectivity index (χ3n) is 10.5. The number of carbonyl (C=O) groups is 2. The number of rotatable bonds is 5. The largest absolute Gasteiger partial charge is 0.440 e. The maximum absolute atomic E-state index is 14.8. The quantitative estimate of drug-likeness (QED) is 0.227. The summed E-state index contributed by atoms with van der Waals surface area (Å²) in [4.78, 5) is 29.4. The van der Waals surface area contributed by atoms with Crippen LogP contribution in [0.1, 0.15) is 90.9 Å². The summed E-state index contributed by atoms with van der Waals surface area (Å²) in [7, 11) is 0.